The molecule has 0 atom stereocenters. The molecule has 0 bridgehead atoms. The van der Waals surface area contributed by atoms with E-state index in [1.165, 1.54) is 19.3 Å². The highest BCUT2D eigenvalue weighted by atomic mass is 15.1. The molecule has 1 fully saturated rings. The van der Waals surface area contributed by atoms with E-state index in [9.17, 15) is 0 Å². The summed E-state index contributed by atoms with van der Waals surface area (Å²) in [7, 11) is 0. The normalized spacial score (nSPS) is 18.4. The van der Waals surface area contributed by atoms with E-state index >= 15 is 0 Å². The van der Waals surface area contributed by atoms with Crippen LogP contribution in [0.3, 0.4) is 0 Å². The van der Waals surface area contributed by atoms with Crippen molar-refractivity contribution in [3.63, 3.8) is 0 Å². The lowest BCUT2D eigenvalue weighted by Crippen LogP contribution is -2.37. The van der Waals surface area contributed by atoms with Crippen LogP contribution in [0, 0.1) is 11.3 Å². The van der Waals surface area contributed by atoms with Gasteiger partial charge in [-0.3, -0.25) is 4.99 Å². The van der Waals surface area contributed by atoms with Crippen LogP contribution in [0.1, 0.15) is 33.1 Å². The van der Waals surface area contributed by atoms with Crippen molar-refractivity contribution in [1.82, 2.24) is 5.32 Å². The second kappa shape index (κ2) is 5.19. The van der Waals surface area contributed by atoms with Crippen LogP contribution in [0.4, 0.5) is 0 Å². The summed E-state index contributed by atoms with van der Waals surface area (Å²) in [5.74, 6) is 1.38. The van der Waals surface area contributed by atoms with Gasteiger partial charge in [0.2, 0.25) is 0 Å². The third-order valence-corrected chi connectivity index (χ3v) is 3.01. The van der Waals surface area contributed by atoms with Crippen molar-refractivity contribution >= 4 is 5.96 Å². The summed E-state index contributed by atoms with van der Waals surface area (Å²) in [5, 5.41) is 3.17. The van der Waals surface area contributed by atoms with Gasteiger partial charge in [-0.15, -0.1) is 6.58 Å². The fourth-order valence-corrected chi connectivity index (χ4v) is 1.36. The quantitative estimate of drug-likeness (QED) is 0.413. The molecule has 3 nitrogen and oxygen atoms in total. The summed E-state index contributed by atoms with van der Waals surface area (Å²) >= 11 is 0. The SMILES string of the molecule is C=CC(C)(C)CN=C(N)NCC1CCC1. The Morgan fingerprint density at radius 2 is 2.27 bits per heavy atom. The summed E-state index contributed by atoms with van der Waals surface area (Å²) in [5.41, 5.74) is 5.80. The fraction of sp³-hybridized carbons (Fsp3) is 0.750. The van der Waals surface area contributed by atoms with Gasteiger partial charge in [0.1, 0.15) is 0 Å². The molecular formula is C12H23N3. The maximum Gasteiger partial charge on any atom is 0.188 e. The Morgan fingerprint density at radius 1 is 1.60 bits per heavy atom. The Kier molecular flexibility index (Phi) is 4.18. The van der Waals surface area contributed by atoms with Crippen molar-refractivity contribution in [2.24, 2.45) is 22.1 Å². The molecule has 0 unspecified atom stereocenters. The zero-order chi connectivity index (χ0) is 11.3. The van der Waals surface area contributed by atoms with Crippen molar-refractivity contribution in [1.29, 1.82) is 0 Å². The molecule has 3 N–H and O–H groups in total. The molecule has 86 valence electrons. The zero-order valence-electron chi connectivity index (χ0n) is 9.92. The number of aliphatic imine (C=N–C) groups is 1. The van der Waals surface area contributed by atoms with E-state index in [1.807, 2.05) is 6.08 Å². The van der Waals surface area contributed by atoms with Crippen LogP contribution in [0.15, 0.2) is 17.6 Å². The van der Waals surface area contributed by atoms with E-state index in [4.69, 9.17) is 5.73 Å². The van der Waals surface area contributed by atoms with Gasteiger partial charge >= 0.3 is 0 Å². The minimum Gasteiger partial charge on any atom is -0.370 e. The summed E-state index contributed by atoms with van der Waals surface area (Å²) in [6.07, 6.45) is 5.94. The minimum absolute atomic E-state index is 0.0305. The standard InChI is InChI=1S/C12H23N3/c1-4-12(2,3)9-15-11(13)14-8-10-6-5-7-10/h4,10H,1,5-9H2,2-3H3,(H3,13,14,15). The predicted octanol–water partition coefficient (Wildman–Crippen LogP) is 1.90. The first-order valence-corrected chi connectivity index (χ1v) is 5.71. The molecule has 15 heavy (non-hydrogen) atoms. The lowest BCUT2D eigenvalue weighted by atomic mass is 9.85. The molecule has 0 aliphatic heterocycles. The van der Waals surface area contributed by atoms with Crippen LogP contribution in [0.25, 0.3) is 0 Å². The topological polar surface area (TPSA) is 50.4 Å². The number of nitrogens with two attached hydrogens (primary N) is 1. The Labute approximate surface area is 92.8 Å². The van der Waals surface area contributed by atoms with Gasteiger partial charge in [-0.25, -0.2) is 0 Å². The molecule has 0 radical (unpaired) electrons. The van der Waals surface area contributed by atoms with Crippen LogP contribution in [-0.4, -0.2) is 19.0 Å². The van der Waals surface area contributed by atoms with Gasteiger partial charge in [0.05, 0.1) is 6.54 Å². The number of nitrogens with one attached hydrogen (secondary N) is 1. The van der Waals surface area contributed by atoms with Crippen molar-refractivity contribution in [3.8, 4) is 0 Å². The number of hydrogen-bond acceptors (Lipinski definition) is 1. The second-order valence-corrected chi connectivity index (χ2v) is 5.07. The van der Waals surface area contributed by atoms with Crippen molar-refractivity contribution in [3.05, 3.63) is 12.7 Å². The largest absolute Gasteiger partial charge is 0.370 e. The van der Waals surface area contributed by atoms with Crippen LogP contribution in [0.5, 0.6) is 0 Å². The van der Waals surface area contributed by atoms with Crippen LogP contribution < -0.4 is 11.1 Å². The van der Waals surface area contributed by atoms with Gasteiger partial charge < -0.3 is 11.1 Å². The molecule has 3 heteroatoms. The Balaban J connectivity index is 2.22. The minimum atomic E-state index is 0.0305. The molecule has 0 spiro atoms. The third kappa shape index (κ3) is 4.36. The van der Waals surface area contributed by atoms with E-state index in [-0.39, 0.29) is 5.41 Å². The Morgan fingerprint density at radius 3 is 2.73 bits per heavy atom. The highest BCUT2D eigenvalue weighted by Crippen LogP contribution is 2.25. The number of rotatable bonds is 5. The number of nitrogens with zero attached hydrogens (tertiary/aromatic N) is 1. The van der Waals surface area contributed by atoms with Gasteiger partial charge in [0.25, 0.3) is 0 Å². The Hall–Kier alpha value is -0.990. The zero-order valence-corrected chi connectivity index (χ0v) is 9.92. The molecule has 1 rings (SSSR count). The number of guanidine groups is 1. The summed E-state index contributed by atoms with van der Waals surface area (Å²) in [4.78, 5) is 4.31. The first kappa shape index (κ1) is 12.1. The molecular weight excluding hydrogens is 186 g/mol. The highest BCUT2D eigenvalue weighted by molar-refractivity contribution is 5.77. The van der Waals surface area contributed by atoms with Crippen LogP contribution >= 0.6 is 0 Å². The van der Waals surface area contributed by atoms with Crippen molar-refractivity contribution in [2.75, 3.05) is 13.1 Å². The van der Waals surface area contributed by atoms with E-state index in [0.29, 0.717) is 12.5 Å². The number of hydrogen-bond donors (Lipinski definition) is 2. The van der Waals surface area contributed by atoms with Gasteiger partial charge in [-0.05, 0) is 18.8 Å². The average Bonchev–Trinajstić information content (AvgIpc) is 2.13. The summed E-state index contributed by atoms with van der Waals surface area (Å²) in [6.45, 7) is 9.65. The molecule has 1 aliphatic carbocycles. The monoisotopic (exact) mass is 209 g/mol. The molecule has 0 aromatic carbocycles. The van der Waals surface area contributed by atoms with E-state index in [1.54, 1.807) is 0 Å². The molecule has 0 heterocycles. The first-order chi connectivity index (χ1) is 7.03. The van der Waals surface area contributed by atoms with Crippen molar-refractivity contribution in [2.45, 2.75) is 33.1 Å². The van der Waals surface area contributed by atoms with E-state index < -0.39 is 0 Å². The molecule has 0 amide bonds. The lowest BCUT2D eigenvalue weighted by Gasteiger charge is -2.25. The lowest BCUT2D eigenvalue weighted by molar-refractivity contribution is 0.315. The van der Waals surface area contributed by atoms with Gasteiger partial charge in [-0.1, -0.05) is 26.3 Å². The molecule has 1 aliphatic rings. The smallest absolute Gasteiger partial charge is 0.188 e. The molecule has 0 saturated heterocycles. The third-order valence-electron chi connectivity index (χ3n) is 3.01. The molecule has 0 aromatic rings. The van der Waals surface area contributed by atoms with Crippen molar-refractivity contribution < 1.29 is 0 Å². The van der Waals surface area contributed by atoms with E-state index in [0.717, 1.165) is 12.5 Å². The van der Waals surface area contributed by atoms with E-state index in [2.05, 4.69) is 30.7 Å². The molecule has 0 aromatic heterocycles. The average molecular weight is 209 g/mol. The Bertz CT molecular complexity index is 239. The summed E-state index contributed by atoms with van der Waals surface area (Å²) < 4.78 is 0. The summed E-state index contributed by atoms with van der Waals surface area (Å²) in [6, 6.07) is 0. The van der Waals surface area contributed by atoms with Crippen LogP contribution in [0.2, 0.25) is 0 Å². The fourth-order valence-electron chi connectivity index (χ4n) is 1.36. The second-order valence-electron chi connectivity index (χ2n) is 5.07. The highest BCUT2D eigenvalue weighted by Gasteiger charge is 2.17. The van der Waals surface area contributed by atoms with Crippen LogP contribution in [-0.2, 0) is 0 Å². The van der Waals surface area contributed by atoms with Gasteiger partial charge in [-0.2, -0.15) is 0 Å². The van der Waals surface area contributed by atoms with Gasteiger partial charge in [0, 0.05) is 12.0 Å². The molecule has 1 saturated carbocycles. The maximum atomic E-state index is 5.77. The first-order valence-electron chi connectivity index (χ1n) is 5.71. The maximum absolute atomic E-state index is 5.77. The predicted molar refractivity (Wildman–Crippen MR) is 65.8 cm³/mol. The van der Waals surface area contributed by atoms with Gasteiger partial charge in [0.15, 0.2) is 5.96 Å².